The van der Waals surface area contributed by atoms with Crippen LogP contribution in [-0.4, -0.2) is 25.4 Å². The molecule has 2 aliphatic carbocycles. The Balaban J connectivity index is 1.91. The Morgan fingerprint density at radius 3 is 2.27 bits per heavy atom. The lowest BCUT2D eigenvalue weighted by molar-refractivity contribution is 0.332. The maximum Gasteiger partial charge on any atom is 0.186 e. The van der Waals surface area contributed by atoms with E-state index >= 15 is 0 Å². The molecule has 132 valence electrons. The smallest absolute Gasteiger partial charge is 0.186 e. The second-order valence-electron chi connectivity index (χ2n) is 6.63. The van der Waals surface area contributed by atoms with Crippen LogP contribution in [0.15, 0.2) is 94.9 Å². The molecule has 4 rings (SSSR count). The fourth-order valence-electron chi connectivity index (χ4n) is 3.93. The van der Waals surface area contributed by atoms with Crippen LogP contribution in [-0.2, 0) is 9.84 Å². The molecule has 4 heteroatoms. The van der Waals surface area contributed by atoms with Gasteiger partial charge in [-0.1, -0.05) is 66.8 Å². The number of allylic oxidation sites excluding steroid dienone is 3. The highest BCUT2D eigenvalue weighted by molar-refractivity contribution is 7.92. The van der Waals surface area contributed by atoms with Crippen molar-refractivity contribution in [1.82, 2.24) is 0 Å². The normalized spacial score (nSPS) is 22.3. The Morgan fingerprint density at radius 2 is 1.62 bits per heavy atom. The summed E-state index contributed by atoms with van der Waals surface area (Å²) in [5, 5.41) is 9.07. The molecule has 26 heavy (non-hydrogen) atoms. The quantitative estimate of drug-likeness (QED) is 0.898. The van der Waals surface area contributed by atoms with Gasteiger partial charge in [0.1, 0.15) is 0 Å². The first kappa shape index (κ1) is 17.0. The molecule has 2 atom stereocenters. The van der Waals surface area contributed by atoms with Crippen LogP contribution in [0.1, 0.15) is 12.0 Å². The Labute approximate surface area is 153 Å². The summed E-state index contributed by atoms with van der Waals surface area (Å²) in [6, 6.07) is 18.3. The van der Waals surface area contributed by atoms with Gasteiger partial charge >= 0.3 is 0 Å². The second-order valence-corrected chi connectivity index (χ2v) is 8.70. The van der Waals surface area contributed by atoms with Gasteiger partial charge in [-0.15, -0.1) is 0 Å². The minimum Gasteiger partial charge on any atom is -0.392 e. The summed E-state index contributed by atoms with van der Waals surface area (Å²) in [4.78, 5) is 0.341. The molecule has 0 saturated carbocycles. The average Bonchev–Trinajstić information content (AvgIpc) is 3.10. The molecule has 0 amide bonds. The van der Waals surface area contributed by atoms with Gasteiger partial charge in [0, 0.05) is 5.92 Å². The van der Waals surface area contributed by atoms with E-state index in [1.54, 1.807) is 24.3 Å². The zero-order valence-corrected chi connectivity index (χ0v) is 15.1. The number of sulfone groups is 1. The standard InChI is InChI=1S/C22H20O3S/c23-15-17-10-7-13-19-20(17)14-21(16-8-3-1-4-9-16)22(19)26(24,25)18-11-5-2-6-12-18/h1-12,14,19,22-23H,13,15H2. The fraction of sp³-hybridized carbons (Fsp3) is 0.182. The van der Waals surface area contributed by atoms with Crippen LogP contribution in [0.25, 0.3) is 5.57 Å². The summed E-state index contributed by atoms with van der Waals surface area (Å²) in [6.07, 6.45) is 6.50. The van der Waals surface area contributed by atoms with E-state index in [2.05, 4.69) is 0 Å². The molecule has 3 nitrogen and oxygen atoms in total. The van der Waals surface area contributed by atoms with Crippen molar-refractivity contribution in [3.05, 3.63) is 95.6 Å². The lowest BCUT2D eigenvalue weighted by Gasteiger charge is -2.26. The van der Waals surface area contributed by atoms with Crippen molar-refractivity contribution in [1.29, 1.82) is 0 Å². The molecule has 2 aliphatic rings. The number of aliphatic hydroxyl groups excluding tert-OH is 1. The molecule has 2 aromatic carbocycles. The number of fused-ring (bicyclic) bond motifs is 1. The van der Waals surface area contributed by atoms with Gasteiger partial charge in [0.2, 0.25) is 0 Å². The van der Waals surface area contributed by atoms with Crippen LogP contribution < -0.4 is 0 Å². The van der Waals surface area contributed by atoms with E-state index in [9.17, 15) is 13.5 Å². The first-order valence-corrected chi connectivity index (χ1v) is 10.2. The first-order chi connectivity index (χ1) is 12.6. The minimum absolute atomic E-state index is 0.0843. The van der Waals surface area contributed by atoms with Crippen molar-refractivity contribution in [2.24, 2.45) is 5.92 Å². The van der Waals surface area contributed by atoms with Crippen molar-refractivity contribution in [3.63, 3.8) is 0 Å². The molecule has 0 aromatic heterocycles. The van der Waals surface area contributed by atoms with Crippen molar-refractivity contribution in [2.75, 3.05) is 6.61 Å². The predicted octanol–water partition coefficient (Wildman–Crippen LogP) is 3.79. The van der Waals surface area contributed by atoms with Gasteiger partial charge in [-0.3, -0.25) is 0 Å². The molecular weight excluding hydrogens is 344 g/mol. The maximum atomic E-state index is 13.5. The zero-order valence-electron chi connectivity index (χ0n) is 14.2. The molecule has 0 saturated heterocycles. The largest absolute Gasteiger partial charge is 0.392 e. The van der Waals surface area contributed by atoms with Crippen LogP contribution >= 0.6 is 0 Å². The van der Waals surface area contributed by atoms with Crippen molar-refractivity contribution in [2.45, 2.75) is 16.6 Å². The van der Waals surface area contributed by atoms with Gasteiger partial charge in [0.25, 0.3) is 0 Å². The fourth-order valence-corrected chi connectivity index (χ4v) is 5.99. The molecule has 0 spiro atoms. The van der Waals surface area contributed by atoms with Crippen molar-refractivity contribution >= 4 is 15.4 Å². The van der Waals surface area contributed by atoms with Crippen LogP contribution in [0.3, 0.4) is 0 Å². The molecule has 2 unspecified atom stereocenters. The van der Waals surface area contributed by atoms with Gasteiger partial charge in [0.15, 0.2) is 9.84 Å². The van der Waals surface area contributed by atoms with E-state index in [4.69, 9.17) is 0 Å². The summed E-state index contributed by atoms with van der Waals surface area (Å²) in [5.41, 5.74) is 3.47. The number of benzene rings is 2. The zero-order chi connectivity index (χ0) is 18.1. The highest BCUT2D eigenvalue weighted by atomic mass is 32.2. The predicted molar refractivity (Wildman–Crippen MR) is 103 cm³/mol. The third-order valence-electron chi connectivity index (χ3n) is 5.15. The van der Waals surface area contributed by atoms with Gasteiger partial charge in [-0.05, 0) is 40.8 Å². The van der Waals surface area contributed by atoms with E-state index in [1.807, 2.05) is 54.6 Å². The monoisotopic (exact) mass is 364 g/mol. The summed E-state index contributed by atoms with van der Waals surface area (Å²) >= 11 is 0. The SMILES string of the molecule is O=S(=O)(c1ccccc1)C1C(c2ccccc2)=CC2=C(CO)C=CCC21. The number of rotatable bonds is 4. The highest BCUT2D eigenvalue weighted by Gasteiger charge is 2.44. The third kappa shape index (κ3) is 2.75. The number of hydrogen-bond donors (Lipinski definition) is 1. The highest BCUT2D eigenvalue weighted by Crippen LogP contribution is 2.46. The van der Waals surface area contributed by atoms with E-state index in [0.29, 0.717) is 11.3 Å². The Bertz CT molecular complexity index is 1000. The summed E-state index contributed by atoms with van der Waals surface area (Å²) < 4.78 is 27.0. The summed E-state index contributed by atoms with van der Waals surface area (Å²) in [6.45, 7) is -0.0843. The van der Waals surface area contributed by atoms with Gasteiger partial charge in [0.05, 0.1) is 16.8 Å². The molecule has 1 N–H and O–H groups in total. The van der Waals surface area contributed by atoms with Crippen LogP contribution in [0.5, 0.6) is 0 Å². The molecule has 2 aromatic rings. The molecular formula is C22H20O3S. The van der Waals surface area contributed by atoms with Gasteiger partial charge in [-0.2, -0.15) is 0 Å². The molecule has 0 heterocycles. The Morgan fingerprint density at radius 1 is 0.962 bits per heavy atom. The van der Waals surface area contributed by atoms with Crippen LogP contribution in [0.2, 0.25) is 0 Å². The van der Waals surface area contributed by atoms with E-state index in [-0.39, 0.29) is 12.5 Å². The average molecular weight is 364 g/mol. The molecule has 0 bridgehead atoms. The van der Waals surface area contributed by atoms with Crippen LogP contribution in [0, 0.1) is 5.92 Å². The minimum atomic E-state index is -3.56. The number of hydrogen-bond acceptors (Lipinski definition) is 3. The first-order valence-electron chi connectivity index (χ1n) is 8.69. The Kier molecular flexibility index (Phi) is 4.39. The lowest BCUT2D eigenvalue weighted by atomic mass is 9.88. The maximum absolute atomic E-state index is 13.5. The summed E-state index contributed by atoms with van der Waals surface area (Å²) in [7, 11) is -3.56. The number of aliphatic hydroxyl groups is 1. The molecule has 0 fully saturated rings. The van der Waals surface area contributed by atoms with E-state index in [0.717, 1.165) is 22.3 Å². The van der Waals surface area contributed by atoms with Gasteiger partial charge < -0.3 is 5.11 Å². The van der Waals surface area contributed by atoms with E-state index in [1.165, 1.54) is 0 Å². The van der Waals surface area contributed by atoms with Gasteiger partial charge in [-0.25, -0.2) is 8.42 Å². The van der Waals surface area contributed by atoms with Crippen molar-refractivity contribution < 1.29 is 13.5 Å². The molecule has 0 aliphatic heterocycles. The summed E-state index contributed by atoms with van der Waals surface area (Å²) in [5.74, 6) is -0.164. The lowest BCUT2D eigenvalue weighted by Crippen LogP contribution is -2.29. The van der Waals surface area contributed by atoms with Crippen LogP contribution in [0.4, 0.5) is 0 Å². The Hall–Kier alpha value is -2.43. The third-order valence-corrected chi connectivity index (χ3v) is 7.33. The second kappa shape index (κ2) is 6.71. The van der Waals surface area contributed by atoms with Crippen molar-refractivity contribution in [3.8, 4) is 0 Å². The topological polar surface area (TPSA) is 54.4 Å². The van der Waals surface area contributed by atoms with E-state index < -0.39 is 15.1 Å². The molecule has 0 radical (unpaired) electrons.